The summed E-state index contributed by atoms with van der Waals surface area (Å²) in [6.45, 7) is 1.90. The second kappa shape index (κ2) is 9.03. The van der Waals surface area contributed by atoms with E-state index in [-0.39, 0.29) is 29.9 Å². The molecule has 1 atom stereocenters. The predicted octanol–water partition coefficient (Wildman–Crippen LogP) is 1.50. The van der Waals surface area contributed by atoms with Crippen molar-refractivity contribution in [3.8, 4) is 0 Å². The normalized spacial score (nSPS) is 22.4. The highest BCUT2D eigenvalue weighted by Gasteiger charge is 2.38. The molecule has 166 valence electrons. The van der Waals surface area contributed by atoms with Gasteiger partial charge in [-0.15, -0.1) is 0 Å². The van der Waals surface area contributed by atoms with E-state index in [0.29, 0.717) is 31.9 Å². The number of nitrogens with zero attached hydrogens (tertiary/aromatic N) is 4. The molecule has 1 aromatic carbocycles. The fraction of sp³-hybridized carbons (Fsp3) is 0.545. The van der Waals surface area contributed by atoms with Crippen LogP contribution in [0.25, 0.3) is 0 Å². The van der Waals surface area contributed by atoms with E-state index in [4.69, 9.17) is 5.73 Å². The van der Waals surface area contributed by atoms with Gasteiger partial charge in [0.1, 0.15) is 17.6 Å². The molecule has 3 aliphatic rings. The molecule has 1 saturated heterocycles. The van der Waals surface area contributed by atoms with Gasteiger partial charge >= 0.3 is 0 Å². The number of nitrogens with two attached hydrogens (primary N) is 1. The van der Waals surface area contributed by atoms with Crippen molar-refractivity contribution in [1.29, 1.82) is 0 Å². The summed E-state index contributed by atoms with van der Waals surface area (Å²) in [5.74, 6) is -0.920. The van der Waals surface area contributed by atoms with Crippen LogP contribution in [-0.2, 0) is 14.4 Å². The van der Waals surface area contributed by atoms with E-state index in [1.807, 2.05) is 4.90 Å². The molecule has 1 saturated carbocycles. The first-order valence-electron chi connectivity index (χ1n) is 10.9. The summed E-state index contributed by atoms with van der Waals surface area (Å²) in [6, 6.07) is 4.74. The van der Waals surface area contributed by atoms with Crippen molar-refractivity contribution in [2.24, 2.45) is 16.8 Å². The minimum atomic E-state index is -0.793. The Balaban J connectivity index is 1.40. The lowest BCUT2D eigenvalue weighted by Crippen LogP contribution is -2.53. The van der Waals surface area contributed by atoms with Gasteiger partial charge in [-0.3, -0.25) is 19.4 Å². The van der Waals surface area contributed by atoms with Crippen LogP contribution in [0, 0.1) is 11.7 Å². The SMILES string of the molecule is NC(=O)C1CC(C(=O)N2CCN(C(=O)C3CCCCC3)CC2)=NN1c1ccc(F)cc1. The lowest BCUT2D eigenvalue weighted by atomic mass is 9.88. The maximum Gasteiger partial charge on any atom is 0.270 e. The molecule has 8 nitrogen and oxygen atoms in total. The van der Waals surface area contributed by atoms with Gasteiger partial charge in [-0.25, -0.2) is 4.39 Å². The van der Waals surface area contributed by atoms with Gasteiger partial charge in [0.05, 0.1) is 5.69 Å². The molecule has 1 aliphatic carbocycles. The van der Waals surface area contributed by atoms with Gasteiger partial charge in [-0.05, 0) is 37.1 Å². The standard InChI is InChI=1S/C22H28FN5O3/c23-16-6-8-17(9-7-16)28-19(20(24)29)14-18(25-28)22(31)27-12-10-26(11-13-27)21(30)15-4-2-1-3-5-15/h6-9,15,19H,1-5,10-14H2,(H2,24,29). The Bertz CT molecular complexity index is 874. The van der Waals surface area contributed by atoms with Crippen molar-refractivity contribution in [1.82, 2.24) is 9.80 Å². The van der Waals surface area contributed by atoms with Crippen molar-refractivity contribution in [3.05, 3.63) is 30.1 Å². The molecule has 31 heavy (non-hydrogen) atoms. The third-order valence-electron chi connectivity index (χ3n) is 6.41. The van der Waals surface area contributed by atoms with Crippen LogP contribution in [0.2, 0.25) is 0 Å². The zero-order valence-electron chi connectivity index (χ0n) is 17.5. The number of piperazine rings is 1. The quantitative estimate of drug-likeness (QED) is 0.784. The molecule has 0 spiro atoms. The molecule has 2 fully saturated rings. The number of primary amides is 1. The monoisotopic (exact) mass is 429 g/mol. The molecule has 2 heterocycles. The van der Waals surface area contributed by atoms with Gasteiger partial charge in [0.2, 0.25) is 11.8 Å². The Labute approximate surface area is 180 Å². The first-order chi connectivity index (χ1) is 14.9. The molecule has 2 aliphatic heterocycles. The number of benzene rings is 1. The molecular weight excluding hydrogens is 401 g/mol. The van der Waals surface area contributed by atoms with Crippen LogP contribution < -0.4 is 10.7 Å². The van der Waals surface area contributed by atoms with Crippen molar-refractivity contribution in [3.63, 3.8) is 0 Å². The molecule has 4 rings (SSSR count). The Hall–Kier alpha value is -2.97. The number of hydrogen-bond donors (Lipinski definition) is 1. The number of hydrogen-bond acceptors (Lipinski definition) is 5. The number of carbonyl (C=O) groups is 3. The van der Waals surface area contributed by atoms with Gasteiger partial charge in [0.15, 0.2) is 0 Å². The van der Waals surface area contributed by atoms with Crippen molar-refractivity contribution < 1.29 is 18.8 Å². The topological polar surface area (TPSA) is 99.3 Å². The van der Waals surface area contributed by atoms with Crippen LogP contribution in [0.1, 0.15) is 38.5 Å². The summed E-state index contributed by atoms with van der Waals surface area (Å²) < 4.78 is 13.2. The summed E-state index contributed by atoms with van der Waals surface area (Å²) in [7, 11) is 0. The van der Waals surface area contributed by atoms with Crippen LogP contribution >= 0.6 is 0 Å². The lowest BCUT2D eigenvalue weighted by Gasteiger charge is -2.37. The van der Waals surface area contributed by atoms with Gasteiger partial charge in [0.25, 0.3) is 5.91 Å². The summed E-state index contributed by atoms with van der Waals surface area (Å²) in [6.07, 6.45) is 5.45. The lowest BCUT2D eigenvalue weighted by molar-refractivity contribution is -0.140. The third-order valence-corrected chi connectivity index (χ3v) is 6.41. The van der Waals surface area contributed by atoms with Crippen LogP contribution in [0.3, 0.4) is 0 Å². The number of halogens is 1. The number of hydrazone groups is 1. The number of carbonyl (C=O) groups excluding carboxylic acids is 3. The molecule has 9 heteroatoms. The molecule has 3 amide bonds. The van der Waals surface area contributed by atoms with Crippen molar-refractivity contribution >= 4 is 29.1 Å². The second-order valence-corrected chi connectivity index (χ2v) is 8.44. The average Bonchev–Trinajstić information content (AvgIpc) is 3.25. The molecule has 1 aromatic rings. The maximum absolute atomic E-state index is 13.2. The Kier molecular flexibility index (Phi) is 6.20. The minimum absolute atomic E-state index is 0.104. The van der Waals surface area contributed by atoms with Gasteiger partial charge in [0, 0.05) is 38.5 Å². The van der Waals surface area contributed by atoms with E-state index in [1.165, 1.54) is 35.7 Å². The van der Waals surface area contributed by atoms with Crippen molar-refractivity contribution in [2.45, 2.75) is 44.6 Å². The molecule has 0 aromatic heterocycles. The number of rotatable bonds is 4. The average molecular weight is 429 g/mol. The van der Waals surface area contributed by atoms with Crippen LogP contribution in [0.4, 0.5) is 10.1 Å². The minimum Gasteiger partial charge on any atom is -0.368 e. The fourth-order valence-corrected chi connectivity index (χ4v) is 4.61. The molecule has 1 unspecified atom stereocenters. The zero-order chi connectivity index (χ0) is 22.0. The first kappa shape index (κ1) is 21.3. The van der Waals surface area contributed by atoms with E-state index >= 15 is 0 Å². The maximum atomic E-state index is 13.2. The Morgan fingerprint density at radius 3 is 2.16 bits per heavy atom. The fourth-order valence-electron chi connectivity index (χ4n) is 4.61. The summed E-state index contributed by atoms with van der Waals surface area (Å²) in [5, 5.41) is 5.74. The highest BCUT2D eigenvalue weighted by molar-refractivity contribution is 6.40. The molecule has 2 N–H and O–H groups in total. The second-order valence-electron chi connectivity index (χ2n) is 8.44. The van der Waals surface area contributed by atoms with Crippen LogP contribution in [0.15, 0.2) is 29.4 Å². The molecule has 0 radical (unpaired) electrons. The van der Waals surface area contributed by atoms with E-state index in [1.54, 1.807) is 4.90 Å². The molecule has 0 bridgehead atoms. The highest BCUT2D eigenvalue weighted by atomic mass is 19.1. The summed E-state index contributed by atoms with van der Waals surface area (Å²) >= 11 is 0. The van der Waals surface area contributed by atoms with Gasteiger partial charge in [-0.2, -0.15) is 5.10 Å². The summed E-state index contributed by atoms with van der Waals surface area (Å²) in [5.41, 5.74) is 6.27. The van der Waals surface area contributed by atoms with Crippen molar-refractivity contribution in [2.75, 3.05) is 31.2 Å². The number of amides is 3. The first-order valence-corrected chi connectivity index (χ1v) is 10.9. The predicted molar refractivity (Wildman–Crippen MR) is 114 cm³/mol. The third kappa shape index (κ3) is 4.55. The van der Waals surface area contributed by atoms with Crippen LogP contribution in [0.5, 0.6) is 0 Å². The smallest absolute Gasteiger partial charge is 0.270 e. The van der Waals surface area contributed by atoms with E-state index < -0.39 is 17.8 Å². The highest BCUT2D eigenvalue weighted by Crippen LogP contribution is 2.27. The summed E-state index contributed by atoms with van der Waals surface area (Å²) in [4.78, 5) is 41.2. The van der Waals surface area contributed by atoms with Gasteiger partial charge in [-0.1, -0.05) is 19.3 Å². The van der Waals surface area contributed by atoms with Gasteiger partial charge < -0.3 is 15.5 Å². The Morgan fingerprint density at radius 1 is 0.935 bits per heavy atom. The largest absolute Gasteiger partial charge is 0.368 e. The zero-order valence-corrected chi connectivity index (χ0v) is 17.5. The van der Waals surface area contributed by atoms with Crippen LogP contribution in [-0.4, -0.2) is 65.5 Å². The molecular formula is C22H28FN5O3. The van der Waals surface area contributed by atoms with E-state index in [9.17, 15) is 18.8 Å². The Morgan fingerprint density at radius 2 is 1.55 bits per heavy atom. The number of anilines is 1. The van der Waals surface area contributed by atoms with E-state index in [2.05, 4.69) is 5.10 Å². The van der Waals surface area contributed by atoms with E-state index in [0.717, 1.165) is 25.7 Å².